The quantitative estimate of drug-likeness (QED) is 0.333. The lowest BCUT2D eigenvalue weighted by atomic mass is 10.3. The summed E-state index contributed by atoms with van der Waals surface area (Å²) in [6.45, 7) is 6.32. The zero-order valence-electron chi connectivity index (χ0n) is 16.1. The Morgan fingerprint density at radius 2 is 1.96 bits per heavy atom. The van der Waals surface area contributed by atoms with Crippen molar-refractivity contribution in [3.05, 3.63) is 29.3 Å². The molecule has 0 saturated carbocycles. The van der Waals surface area contributed by atoms with Gasteiger partial charge in [-0.15, -0.1) is 24.0 Å². The van der Waals surface area contributed by atoms with E-state index in [4.69, 9.17) is 16.3 Å². The third-order valence-corrected chi connectivity index (χ3v) is 4.50. The van der Waals surface area contributed by atoms with Crippen molar-refractivity contribution in [3.8, 4) is 5.75 Å². The second-order valence-corrected chi connectivity index (χ2v) is 6.73. The highest BCUT2D eigenvalue weighted by Crippen LogP contribution is 2.15. The number of likely N-dealkylation sites (tertiary alicyclic amines) is 1. The Morgan fingerprint density at radius 1 is 1.30 bits per heavy atom. The molecule has 0 bridgehead atoms. The van der Waals surface area contributed by atoms with E-state index < -0.39 is 0 Å². The lowest BCUT2D eigenvalue weighted by Crippen LogP contribution is -2.41. The topological polar surface area (TPSA) is 57.2 Å². The largest absolute Gasteiger partial charge is 0.492 e. The Bertz CT molecular complexity index is 592. The first-order valence-electron chi connectivity index (χ1n) is 9.25. The fourth-order valence-corrected chi connectivity index (χ4v) is 2.91. The molecule has 6 nitrogen and oxygen atoms in total. The molecule has 1 fully saturated rings. The summed E-state index contributed by atoms with van der Waals surface area (Å²) in [6.07, 6.45) is 2.70. The molecule has 1 heterocycles. The van der Waals surface area contributed by atoms with Crippen LogP contribution in [0.15, 0.2) is 29.3 Å². The number of amides is 1. The van der Waals surface area contributed by atoms with Gasteiger partial charge < -0.3 is 19.9 Å². The number of hydrogen-bond donors (Lipinski definition) is 1. The van der Waals surface area contributed by atoms with Gasteiger partial charge in [0.05, 0.1) is 13.1 Å². The van der Waals surface area contributed by atoms with Gasteiger partial charge in [0.15, 0.2) is 5.96 Å². The molecular weight excluding hydrogens is 479 g/mol. The zero-order chi connectivity index (χ0) is 18.8. The van der Waals surface area contributed by atoms with Gasteiger partial charge in [0.2, 0.25) is 5.91 Å². The molecular formula is C19H30ClIN4O2. The van der Waals surface area contributed by atoms with E-state index in [1.54, 1.807) is 0 Å². The Morgan fingerprint density at radius 3 is 2.59 bits per heavy atom. The van der Waals surface area contributed by atoms with Gasteiger partial charge in [0.25, 0.3) is 0 Å². The maximum absolute atomic E-state index is 12.1. The van der Waals surface area contributed by atoms with E-state index in [0.717, 1.165) is 44.2 Å². The predicted molar refractivity (Wildman–Crippen MR) is 121 cm³/mol. The standard InChI is InChI=1S/C19H29ClN4O2.HI/c1-3-21-19(22-11-10-18(25)24-12-4-5-13-24)23(2)14-15-26-17-8-6-16(20)7-9-17;/h6-9H,3-5,10-15H2,1-2H3,(H,21,22);1H. The molecule has 1 aliphatic heterocycles. The van der Waals surface area contributed by atoms with Gasteiger partial charge in [0.1, 0.15) is 12.4 Å². The molecule has 152 valence electrons. The first-order chi connectivity index (χ1) is 12.6. The third-order valence-electron chi connectivity index (χ3n) is 4.25. The molecule has 8 heteroatoms. The van der Waals surface area contributed by atoms with Crippen LogP contribution < -0.4 is 10.1 Å². The van der Waals surface area contributed by atoms with Crippen LogP contribution in [0.5, 0.6) is 5.75 Å². The van der Waals surface area contributed by atoms with Gasteiger partial charge >= 0.3 is 0 Å². The van der Waals surface area contributed by atoms with E-state index in [1.165, 1.54) is 0 Å². The molecule has 1 saturated heterocycles. The smallest absolute Gasteiger partial charge is 0.224 e. The monoisotopic (exact) mass is 508 g/mol. The van der Waals surface area contributed by atoms with E-state index >= 15 is 0 Å². The molecule has 0 aromatic heterocycles. The van der Waals surface area contributed by atoms with Crippen LogP contribution in [-0.4, -0.2) is 68.0 Å². The molecule has 1 aliphatic rings. The molecule has 0 unspecified atom stereocenters. The van der Waals surface area contributed by atoms with Gasteiger partial charge in [-0.3, -0.25) is 9.79 Å². The van der Waals surface area contributed by atoms with Gasteiger partial charge in [-0.25, -0.2) is 0 Å². The molecule has 0 radical (unpaired) electrons. The summed E-state index contributed by atoms with van der Waals surface area (Å²) in [4.78, 5) is 20.6. The molecule has 1 aromatic rings. The van der Waals surface area contributed by atoms with Crippen molar-refractivity contribution in [1.29, 1.82) is 0 Å². The molecule has 1 aromatic carbocycles. The van der Waals surface area contributed by atoms with Gasteiger partial charge in [0, 0.05) is 38.1 Å². The summed E-state index contributed by atoms with van der Waals surface area (Å²) >= 11 is 5.87. The average molecular weight is 509 g/mol. The van der Waals surface area contributed by atoms with Crippen LogP contribution in [0.25, 0.3) is 0 Å². The molecule has 27 heavy (non-hydrogen) atoms. The van der Waals surface area contributed by atoms with E-state index in [2.05, 4.69) is 10.3 Å². The molecule has 0 spiro atoms. The minimum Gasteiger partial charge on any atom is -0.492 e. The number of hydrogen-bond acceptors (Lipinski definition) is 3. The zero-order valence-corrected chi connectivity index (χ0v) is 19.2. The normalized spacial score (nSPS) is 13.9. The van der Waals surface area contributed by atoms with E-state index in [0.29, 0.717) is 31.1 Å². The van der Waals surface area contributed by atoms with Crippen LogP contribution >= 0.6 is 35.6 Å². The molecule has 1 N–H and O–H groups in total. The Balaban J connectivity index is 0.00000364. The van der Waals surface area contributed by atoms with Gasteiger partial charge in [-0.2, -0.15) is 0 Å². The summed E-state index contributed by atoms with van der Waals surface area (Å²) in [5.74, 6) is 1.79. The third kappa shape index (κ3) is 8.55. The first kappa shape index (κ1) is 23.8. The fourth-order valence-electron chi connectivity index (χ4n) is 2.79. The summed E-state index contributed by atoms with van der Waals surface area (Å²) in [6, 6.07) is 7.32. The average Bonchev–Trinajstić information content (AvgIpc) is 3.17. The summed E-state index contributed by atoms with van der Waals surface area (Å²) in [7, 11) is 1.97. The number of nitrogens with one attached hydrogen (secondary N) is 1. The number of nitrogens with zero attached hydrogens (tertiary/aromatic N) is 3. The van der Waals surface area contributed by atoms with E-state index in [-0.39, 0.29) is 29.9 Å². The summed E-state index contributed by atoms with van der Waals surface area (Å²) in [5.41, 5.74) is 0. The highest BCUT2D eigenvalue weighted by atomic mass is 127. The number of rotatable bonds is 8. The van der Waals surface area contributed by atoms with Crippen molar-refractivity contribution >= 4 is 47.4 Å². The highest BCUT2D eigenvalue weighted by molar-refractivity contribution is 14.0. The van der Waals surface area contributed by atoms with Crippen molar-refractivity contribution in [2.75, 3.05) is 46.4 Å². The maximum atomic E-state index is 12.1. The number of halogens is 2. The predicted octanol–water partition coefficient (Wildman–Crippen LogP) is 3.25. The number of carbonyl (C=O) groups is 1. The second-order valence-electron chi connectivity index (χ2n) is 6.30. The Hall–Kier alpha value is -1.22. The lowest BCUT2D eigenvalue weighted by Gasteiger charge is -2.22. The SMILES string of the molecule is CCNC(=NCCC(=O)N1CCCC1)N(C)CCOc1ccc(Cl)cc1.I. The summed E-state index contributed by atoms with van der Waals surface area (Å²) < 4.78 is 5.73. The molecule has 0 aliphatic carbocycles. The molecule has 2 rings (SSSR count). The fraction of sp³-hybridized carbons (Fsp3) is 0.579. The first-order valence-corrected chi connectivity index (χ1v) is 9.63. The number of guanidine groups is 1. The second kappa shape index (κ2) is 13.0. The highest BCUT2D eigenvalue weighted by Gasteiger charge is 2.17. The van der Waals surface area contributed by atoms with Crippen LogP contribution in [-0.2, 0) is 4.79 Å². The minimum absolute atomic E-state index is 0. The Kier molecular flexibility index (Phi) is 11.5. The number of carbonyl (C=O) groups excluding carboxylic acids is 1. The minimum atomic E-state index is 0. The number of benzene rings is 1. The van der Waals surface area contributed by atoms with Crippen molar-refractivity contribution in [1.82, 2.24) is 15.1 Å². The molecule has 1 amide bonds. The van der Waals surface area contributed by atoms with Crippen molar-refractivity contribution < 1.29 is 9.53 Å². The summed E-state index contributed by atoms with van der Waals surface area (Å²) in [5, 5.41) is 3.95. The van der Waals surface area contributed by atoms with Crippen LogP contribution in [0.1, 0.15) is 26.2 Å². The van der Waals surface area contributed by atoms with Crippen molar-refractivity contribution in [2.45, 2.75) is 26.2 Å². The van der Waals surface area contributed by atoms with E-state index in [1.807, 2.05) is 48.0 Å². The number of aliphatic imine (C=N–C) groups is 1. The van der Waals surface area contributed by atoms with Crippen LogP contribution in [0.4, 0.5) is 0 Å². The van der Waals surface area contributed by atoms with Crippen LogP contribution in [0.2, 0.25) is 5.02 Å². The Labute approximate surface area is 184 Å². The van der Waals surface area contributed by atoms with Crippen LogP contribution in [0.3, 0.4) is 0 Å². The van der Waals surface area contributed by atoms with Crippen molar-refractivity contribution in [3.63, 3.8) is 0 Å². The maximum Gasteiger partial charge on any atom is 0.224 e. The van der Waals surface area contributed by atoms with E-state index in [9.17, 15) is 4.79 Å². The van der Waals surface area contributed by atoms with Gasteiger partial charge in [-0.05, 0) is 44.0 Å². The lowest BCUT2D eigenvalue weighted by molar-refractivity contribution is -0.129. The number of ether oxygens (including phenoxy) is 1. The van der Waals surface area contributed by atoms with Crippen molar-refractivity contribution in [2.24, 2.45) is 4.99 Å². The van der Waals surface area contributed by atoms with Crippen LogP contribution in [0, 0.1) is 0 Å². The molecule has 0 atom stereocenters. The number of likely N-dealkylation sites (N-methyl/N-ethyl adjacent to an activating group) is 1. The van der Waals surface area contributed by atoms with Gasteiger partial charge in [-0.1, -0.05) is 11.6 Å².